The number of nitrogens with zero attached hydrogens (tertiary/aromatic N) is 2. The van der Waals surface area contributed by atoms with E-state index in [1.165, 1.54) is 6.07 Å². The predicted molar refractivity (Wildman–Crippen MR) is 80.3 cm³/mol. The number of hydrogen-bond acceptors (Lipinski definition) is 4. The number of nitro groups is 1. The SMILES string of the molecule is Cc1cccc(CNCc2cc(Br)ccc2[N+](=O)[O-])n1. The van der Waals surface area contributed by atoms with E-state index in [2.05, 4.69) is 26.2 Å². The molecule has 5 nitrogen and oxygen atoms in total. The van der Waals surface area contributed by atoms with Crippen molar-refractivity contribution in [2.75, 3.05) is 0 Å². The Balaban J connectivity index is 2.04. The van der Waals surface area contributed by atoms with E-state index >= 15 is 0 Å². The van der Waals surface area contributed by atoms with Gasteiger partial charge in [0, 0.05) is 34.9 Å². The van der Waals surface area contributed by atoms with Crippen LogP contribution < -0.4 is 5.32 Å². The highest BCUT2D eigenvalue weighted by Crippen LogP contribution is 2.22. The van der Waals surface area contributed by atoms with Gasteiger partial charge in [0.25, 0.3) is 5.69 Å². The average Bonchev–Trinajstić information content (AvgIpc) is 2.38. The van der Waals surface area contributed by atoms with Gasteiger partial charge >= 0.3 is 0 Å². The molecule has 1 N–H and O–H groups in total. The van der Waals surface area contributed by atoms with Crippen LogP contribution in [-0.4, -0.2) is 9.91 Å². The minimum absolute atomic E-state index is 0.123. The van der Waals surface area contributed by atoms with Crippen LogP contribution in [0.4, 0.5) is 5.69 Å². The summed E-state index contributed by atoms with van der Waals surface area (Å²) in [4.78, 5) is 15.0. The van der Waals surface area contributed by atoms with Crippen LogP contribution in [-0.2, 0) is 13.1 Å². The summed E-state index contributed by atoms with van der Waals surface area (Å²) >= 11 is 3.33. The molecule has 0 aliphatic rings. The first-order valence-electron chi connectivity index (χ1n) is 6.12. The van der Waals surface area contributed by atoms with Gasteiger partial charge in [-0.05, 0) is 31.2 Å². The molecule has 0 spiro atoms. The van der Waals surface area contributed by atoms with Crippen LogP contribution >= 0.6 is 15.9 Å². The molecular weight excluding hydrogens is 322 g/mol. The molecular formula is C14H14BrN3O2. The smallest absolute Gasteiger partial charge is 0.273 e. The average molecular weight is 336 g/mol. The van der Waals surface area contributed by atoms with E-state index in [4.69, 9.17) is 0 Å². The summed E-state index contributed by atoms with van der Waals surface area (Å²) in [5.41, 5.74) is 2.65. The fourth-order valence-corrected chi connectivity index (χ4v) is 2.31. The second kappa shape index (κ2) is 6.58. The summed E-state index contributed by atoms with van der Waals surface area (Å²) in [7, 11) is 0. The second-order valence-corrected chi connectivity index (χ2v) is 5.32. The van der Waals surface area contributed by atoms with Crippen LogP contribution in [0.1, 0.15) is 17.0 Å². The van der Waals surface area contributed by atoms with Crippen LogP contribution in [0.2, 0.25) is 0 Å². The van der Waals surface area contributed by atoms with Gasteiger partial charge in [0.1, 0.15) is 0 Å². The fourth-order valence-electron chi connectivity index (χ4n) is 1.90. The second-order valence-electron chi connectivity index (χ2n) is 4.40. The zero-order valence-corrected chi connectivity index (χ0v) is 12.6. The highest BCUT2D eigenvalue weighted by Gasteiger charge is 2.13. The topological polar surface area (TPSA) is 68.1 Å². The Bertz CT molecular complexity index is 632. The van der Waals surface area contributed by atoms with Gasteiger partial charge in [-0.3, -0.25) is 15.1 Å². The monoisotopic (exact) mass is 335 g/mol. The molecule has 1 aromatic carbocycles. The number of hydrogen-bond donors (Lipinski definition) is 1. The number of halogens is 1. The summed E-state index contributed by atoms with van der Waals surface area (Å²) in [6.45, 7) is 2.93. The first-order valence-corrected chi connectivity index (χ1v) is 6.91. The van der Waals surface area contributed by atoms with Gasteiger partial charge in [0.2, 0.25) is 0 Å². The lowest BCUT2D eigenvalue weighted by molar-refractivity contribution is -0.385. The third-order valence-electron chi connectivity index (χ3n) is 2.81. The van der Waals surface area contributed by atoms with Gasteiger partial charge in [-0.1, -0.05) is 22.0 Å². The largest absolute Gasteiger partial charge is 0.307 e. The van der Waals surface area contributed by atoms with Gasteiger partial charge in [0.15, 0.2) is 0 Å². The van der Waals surface area contributed by atoms with Crippen molar-refractivity contribution < 1.29 is 4.92 Å². The fraction of sp³-hybridized carbons (Fsp3) is 0.214. The van der Waals surface area contributed by atoms with Gasteiger partial charge in [-0.15, -0.1) is 0 Å². The molecule has 6 heteroatoms. The lowest BCUT2D eigenvalue weighted by atomic mass is 10.2. The lowest BCUT2D eigenvalue weighted by Crippen LogP contribution is -2.15. The molecule has 0 fully saturated rings. The Hall–Kier alpha value is -1.79. The van der Waals surface area contributed by atoms with E-state index in [0.29, 0.717) is 18.7 Å². The molecule has 104 valence electrons. The van der Waals surface area contributed by atoms with E-state index in [0.717, 1.165) is 15.9 Å². The molecule has 2 rings (SSSR count). The quantitative estimate of drug-likeness (QED) is 0.672. The number of aryl methyl sites for hydroxylation is 1. The molecule has 0 saturated carbocycles. The molecule has 0 atom stereocenters. The zero-order valence-electron chi connectivity index (χ0n) is 11.0. The van der Waals surface area contributed by atoms with Crippen LogP contribution in [0.25, 0.3) is 0 Å². The van der Waals surface area contributed by atoms with Crippen LogP contribution in [0, 0.1) is 17.0 Å². The molecule has 0 aliphatic heterocycles. The van der Waals surface area contributed by atoms with Crippen molar-refractivity contribution in [3.05, 3.63) is 67.9 Å². The third kappa shape index (κ3) is 3.85. The molecule has 0 saturated heterocycles. The lowest BCUT2D eigenvalue weighted by Gasteiger charge is -2.06. The summed E-state index contributed by atoms with van der Waals surface area (Å²) in [5.74, 6) is 0. The highest BCUT2D eigenvalue weighted by atomic mass is 79.9. The Morgan fingerprint density at radius 1 is 1.30 bits per heavy atom. The van der Waals surface area contributed by atoms with Gasteiger partial charge in [-0.25, -0.2) is 0 Å². The number of nitro benzene ring substituents is 1. The number of pyridine rings is 1. The van der Waals surface area contributed by atoms with Crippen molar-refractivity contribution in [3.8, 4) is 0 Å². The standard InChI is InChI=1S/C14H14BrN3O2/c1-10-3-2-4-13(17-10)9-16-8-11-7-12(15)5-6-14(11)18(19)20/h2-7,16H,8-9H2,1H3. The maximum atomic E-state index is 11.0. The summed E-state index contributed by atoms with van der Waals surface area (Å²) in [5, 5.41) is 14.1. The van der Waals surface area contributed by atoms with E-state index in [1.807, 2.05) is 25.1 Å². The van der Waals surface area contributed by atoms with Gasteiger partial charge in [0.05, 0.1) is 10.6 Å². The van der Waals surface area contributed by atoms with Crippen LogP contribution in [0.3, 0.4) is 0 Å². The van der Waals surface area contributed by atoms with E-state index in [-0.39, 0.29) is 10.6 Å². The number of benzene rings is 1. The van der Waals surface area contributed by atoms with E-state index in [1.54, 1.807) is 12.1 Å². The minimum Gasteiger partial charge on any atom is -0.307 e. The van der Waals surface area contributed by atoms with Crippen molar-refractivity contribution in [1.82, 2.24) is 10.3 Å². The molecule has 0 aliphatic carbocycles. The predicted octanol–water partition coefficient (Wildman–Crippen LogP) is 3.35. The first kappa shape index (κ1) is 14.6. The molecule has 1 heterocycles. The molecule has 1 aromatic heterocycles. The summed E-state index contributed by atoms with van der Waals surface area (Å²) < 4.78 is 0.827. The molecule has 20 heavy (non-hydrogen) atoms. The van der Waals surface area contributed by atoms with Crippen molar-refractivity contribution in [1.29, 1.82) is 0 Å². The number of nitrogens with one attached hydrogen (secondary N) is 1. The molecule has 0 radical (unpaired) electrons. The van der Waals surface area contributed by atoms with E-state index in [9.17, 15) is 10.1 Å². The Morgan fingerprint density at radius 3 is 2.80 bits per heavy atom. The Morgan fingerprint density at radius 2 is 2.10 bits per heavy atom. The maximum Gasteiger partial charge on any atom is 0.273 e. The minimum atomic E-state index is -0.367. The normalized spacial score (nSPS) is 10.5. The van der Waals surface area contributed by atoms with Crippen molar-refractivity contribution in [2.24, 2.45) is 0 Å². The Labute approximate surface area is 125 Å². The highest BCUT2D eigenvalue weighted by molar-refractivity contribution is 9.10. The third-order valence-corrected chi connectivity index (χ3v) is 3.30. The molecule has 2 aromatic rings. The number of rotatable bonds is 5. The first-order chi connectivity index (χ1) is 9.56. The van der Waals surface area contributed by atoms with Crippen LogP contribution in [0.5, 0.6) is 0 Å². The Kier molecular flexibility index (Phi) is 4.81. The molecule has 0 amide bonds. The van der Waals surface area contributed by atoms with Crippen molar-refractivity contribution in [2.45, 2.75) is 20.0 Å². The zero-order chi connectivity index (χ0) is 14.5. The maximum absolute atomic E-state index is 11.0. The van der Waals surface area contributed by atoms with Crippen molar-refractivity contribution in [3.63, 3.8) is 0 Å². The van der Waals surface area contributed by atoms with Gasteiger partial charge in [-0.2, -0.15) is 0 Å². The molecule has 0 bridgehead atoms. The van der Waals surface area contributed by atoms with Crippen LogP contribution in [0.15, 0.2) is 40.9 Å². The molecule has 0 unspecified atom stereocenters. The van der Waals surface area contributed by atoms with E-state index < -0.39 is 0 Å². The number of aromatic nitrogens is 1. The summed E-state index contributed by atoms with van der Waals surface area (Å²) in [6, 6.07) is 10.7. The van der Waals surface area contributed by atoms with Gasteiger partial charge < -0.3 is 5.32 Å². The van der Waals surface area contributed by atoms with Crippen molar-refractivity contribution >= 4 is 21.6 Å². The summed E-state index contributed by atoms with van der Waals surface area (Å²) in [6.07, 6.45) is 0.